The lowest BCUT2D eigenvalue weighted by molar-refractivity contribution is -0.147. The molecule has 0 heterocycles. The Morgan fingerprint density at radius 2 is 0.812 bits per heavy atom. The van der Waals surface area contributed by atoms with E-state index < -0.39 is 57.6 Å². The second-order valence-corrected chi connectivity index (χ2v) is 19.9. The second-order valence-electron chi connectivity index (χ2n) is 18.4. The van der Waals surface area contributed by atoms with Crippen LogP contribution in [0.25, 0.3) is 0 Å². The molecule has 12 heteroatoms. The van der Waals surface area contributed by atoms with Crippen LogP contribution in [0.3, 0.4) is 0 Å². The number of amides is 1. The number of phosphoric ester groups is 1. The van der Waals surface area contributed by atoms with E-state index >= 15 is 0 Å². The predicted octanol–water partition coefficient (Wildman–Crippen LogP) is 14.8. The van der Waals surface area contributed by atoms with Crippen LogP contribution in [-0.4, -0.2) is 64.9 Å². The Kier molecular flexibility index (Phi) is 46.4. The van der Waals surface area contributed by atoms with Gasteiger partial charge < -0.3 is 25.2 Å². The number of allylic oxidation sites excluding steroid dienone is 2. The number of carbonyl (C=O) groups is 3. The van der Waals surface area contributed by atoms with Crippen molar-refractivity contribution in [2.24, 2.45) is 0 Å². The van der Waals surface area contributed by atoms with Gasteiger partial charge in [-0.2, -0.15) is 0 Å². The highest BCUT2D eigenvalue weighted by Crippen LogP contribution is 2.43. The Bertz CT molecular complexity index is 1140. The summed E-state index contributed by atoms with van der Waals surface area (Å²) in [5.41, 5.74) is 0. The van der Waals surface area contributed by atoms with Gasteiger partial charge >= 0.3 is 19.8 Å². The van der Waals surface area contributed by atoms with Gasteiger partial charge in [0.05, 0.1) is 13.2 Å². The molecular formula is C52H100NO10P. The van der Waals surface area contributed by atoms with E-state index in [0.717, 1.165) is 38.5 Å². The number of carboxylic acids is 1. The third-order valence-corrected chi connectivity index (χ3v) is 13.0. The van der Waals surface area contributed by atoms with Crippen LogP contribution in [-0.2, 0) is 32.7 Å². The molecular weight excluding hydrogens is 830 g/mol. The van der Waals surface area contributed by atoms with Crippen molar-refractivity contribution >= 4 is 25.7 Å². The smallest absolute Gasteiger partial charge is 0.472 e. The van der Waals surface area contributed by atoms with Crippen LogP contribution in [0.15, 0.2) is 12.2 Å². The number of unbranched alkanes of at least 4 members (excludes halogenated alkanes) is 35. The third-order valence-electron chi connectivity index (χ3n) is 12.1. The van der Waals surface area contributed by atoms with Gasteiger partial charge in [-0.1, -0.05) is 231 Å². The van der Waals surface area contributed by atoms with Crippen molar-refractivity contribution in [1.82, 2.24) is 5.32 Å². The van der Waals surface area contributed by atoms with Crippen molar-refractivity contribution in [2.45, 2.75) is 283 Å². The number of aliphatic hydroxyl groups excluding tert-OH is 1. The van der Waals surface area contributed by atoms with Crippen molar-refractivity contribution in [1.29, 1.82) is 0 Å². The number of rotatable bonds is 51. The van der Waals surface area contributed by atoms with Crippen molar-refractivity contribution in [3.8, 4) is 0 Å². The van der Waals surface area contributed by atoms with E-state index in [2.05, 4.69) is 31.3 Å². The topological polar surface area (TPSA) is 169 Å². The molecule has 0 bridgehead atoms. The molecule has 378 valence electrons. The number of phosphoric acid groups is 1. The van der Waals surface area contributed by atoms with E-state index in [0.29, 0.717) is 12.8 Å². The van der Waals surface area contributed by atoms with E-state index in [1.165, 1.54) is 193 Å². The van der Waals surface area contributed by atoms with Gasteiger partial charge in [0, 0.05) is 12.8 Å². The van der Waals surface area contributed by atoms with Crippen LogP contribution in [0.1, 0.15) is 271 Å². The van der Waals surface area contributed by atoms with Crippen molar-refractivity contribution in [3.63, 3.8) is 0 Å². The highest BCUT2D eigenvalue weighted by Gasteiger charge is 2.28. The molecule has 0 rings (SSSR count). The summed E-state index contributed by atoms with van der Waals surface area (Å²) in [5, 5.41) is 21.9. The van der Waals surface area contributed by atoms with Crippen LogP contribution in [0.2, 0.25) is 0 Å². The first-order valence-electron chi connectivity index (χ1n) is 26.7. The highest BCUT2D eigenvalue weighted by atomic mass is 31.2. The number of nitrogens with one attached hydrogen (secondary N) is 1. The first-order valence-corrected chi connectivity index (χ1v) is 28.2. The average molecular weight is 930 g/mol. The van der Waals surface area contributed by atoms with Gasteiger partial charge in [-0.25, -0.2) is 9.36 Å². The predicted molar refractivity (Wildman–Crippen MR) is 263 cm³/mol. The minimum Gasteiger partial charge on any atom is -0.480 e. The molecule has 0 aromatic carbocycles. The van der Waals surface area contributed by atoms with Crippen molar-refractivity contribution < 1.29 is 47.8 Å². The maximum absolute atomic E-state index is 12.4. The van der Waals surface area contributed by atoms with Crippen LogP contribution < -0.4 is 5.32 Å². The Morgan fingerprint density at radius 3 is 1.19 bits per heavy atom. The standard InChI is InChI=1S/C52H100NO10P/c1-3-5-7-9-11-13-15-17-19-21-22-23-24-25-26-28-30-32-34-36-38-40-42-44-51(56)61-45-48(54)46-62-64(59,60)63-47-49(52(57)58)53-50(55)43-41-39-37-35-33-31-29-27-20-18-16-14-12-10-8-6-4-2/h17,19,48-49,54H,3-16,18,20-47H2,1-2H3,(H,53,55)(H,57,58)(H,59,60)/b19-17+. The Hall–Kier alpha value is -1.78. The van der Waals surface area contributed by atoms with Gasteiger partial charge in [0.1, 0.15) is 12.7 Å². The zero-order valence-electron chi connectivity index (χ0n) is 41.4. The number of carbonyl (C=O) groups excluding carboxylic acids is 2. The summed E-state index contributed by atoms with van der Waals surface area (Å²) in [6.07, 6.45) is 50.9. The fourth-order valence-corrected chi connectivity index (χ4v) is 8.67. The molecule has 0 aromatic rings. The zero-order chi connectivity index (χ0) is 47.0. The van der Waals surface area contributed by atoms with E-state index in [1.807, 2.05) is 0 Å². The highest BCUT2D eigenvalue weighted by molar-refractivity contribution is 7.47. The Labute approximate surface area is 392 Å². The largest absolute Gasteiger partial charge is 0.480 e. The maximum Gasteiger partial charge on any atom is 0.472 e. The normalized spacial score (nSPS) is 13.6. The summed E-state index contributed by atoms with van der Waals surface area (Å²) in [6.45, 7) is 2.65. The average Bonchev–Trinajstić information content (AvgIpc) is 3.27. The van der Waals surface area contributed by atoms with Gasteiger partial charge in [0.25, 0.3) is 0 Å². The maximum atomic E-state index is 12.4. The summed E-state index contributed by atoms with van der Waals surface area (Å²) >= 11 is 0. The van der Waals surface area contributed by atoms with Gasteiger partial charge in [0.2, 0.25) is 5.91 Å². The molecule has 0 saturated heterocycles. The fourth-order valence-electron chi connectivity index (χ4n) is 7.90. The lowest BCUT2D eigenvalue weighted by Gasteiger charge is -2.18. The molecule has 0 aliphatic rings. The number of aliphatic hydroxyl groups is 1. The SMILES string of the molecule is CCCCCCCC/C=C/CCCCCCCCCCCCCCCC(=O)OCC(O)COP(=O)(O)OCC(NC(=O)CCCCCCCCCCCCCCCCCCC)C(=O)O. The summed E-state index contributed by atoms with van der Waals surface area (Å²) < 4.78 is 27.0. The van der Waals surface area contributed by atoms with Crippen LogP contribution in [0, 0.1) is 0 Å². The Morgan fingerprint density at radius 1 is 0.484 bits per heavy atom. The van der Waals surface area contributed by atoms with Gasteiger partial charge in [-0.05, 0) is 38.5 Å². The number of ether oxygens (including phenoxy) is 1. The van der Waals surface area contributed by atoms with Gasteiger partial charge in [0.15, 0.2) is 6.04 Å². The number of hydrogen-bond acceptors (Lipinski definition) is 8. The summed E-state index contributed by atoms with van der Waals surface area (Å²) in [7, 11) is -4.76. The molecule has 3 atom stereocenters. The van der Waals surface area contributed by atoms with E-state index in [-0.39, 0.29) is 12.8 Å². The van der Waals surface area contributed by atoms with Crippen molar-refractivity contribution in [3.05, 3.63) is 12.2 Å². The minimum absolute atomic E-state index is 0.152. The molecule has 0 aromatic heterocycles. The number of esters is 1. The molecule has 64 heavy (non-hydrogen) atoms. The molecule has 0 aliphatic carbocycles. The number of carboxylic acid groups (broad SMARTS) is 1. The molecule has 4 N–H and O–H groups in total. The lowest BCUT2D eigenvalue weighted by atomic mass is 10.0. The first kappa shape index (κ1) is 62.2. The molecule has 3 unspecified atom stereocenters. The summed E-state index contributed by atoms with van der Waals surface area (Å²) in [6, 6.07) is -1.54. The molecule has 11 nitrogen and oxygen atoms in total. The quantitative estimate of drug-likeness (QED) is 0.0199. The van der Waals surface area contributed by atoms with Crippen molar-refractivity contribution in [2.75, 3.05) is 19.8 Å². The van der Waals surface area contributed by atoms with Crippen LogP contribution >= 0.6 is 7.82 Å². The van der Waals surface area contributed by atoms with E-state index in [1.54, 1.807) is 0 Å². The van der Waals surface area contributed by atoms with Crippen LogP contribution in [0.5, 0.6) is 0 Å². The molecule has 0 radical (unpaired) electrons. The van der Waals surface area contributed by atoms with E-state index in [9.17, 15) is 34.1 Å². The minimum atomic E-state index is -4.76. The molecule has 0 spiro atoms. The fraction of sp³-hybridized carbons (Fsp3) is 0.904. The lowest BCUT2D eigenvalue weighted by Crippen LogP contribution is -2.43. The second kappa shape index (κ2) is 47.7. The molecule has 1 amide bonds. The monoisotopic (exact) mass is 930 g/mol. The van der Waals surface area contributed by atoms with Crippen LogP contribution in [0.4, 0.5) is 0 Å². The summed E-state index contributed by atoms with van der Waals surface area (Å²) in [5.74, 6) is -2.35. The number of aliphatic carboxylic acids is 1. The zero-order valence-corrected chi connectivity index (χ0v) is 42.3. The molecule has 0 aliphatic heterocycles. The van der Waals surface area contributed by atoms with Gasteiger partial charge in [-0.3, -0.25) is 18.6 Å². The number of hydrogen-bond donors (Lipinski definition) is 4. The van der Waals surface area contributed by atoms with E-state index in [4.69, 9.17) is 13.8 Å². The molecule has 0 fully saturated rings. The van der Waals surface area contributed by atoms with Gasteiger partial charge in [-0.15, -0.1) is 0 Å². The first-order chi connectivity index (χ1) is 31.1. The third kappa shape index (κ3) is 46.7. The Balaban J connectivity index is 3.76. The molecule has 0 saturated carbocycles. The summed E-state index contributed by atoms with van der Waals surface area (Å²) in [4.78, 5) is 46.1.